The van der Waals surface area contributed by atoms with Gasteiger partial charge in [0.05, 0.1) is 0 Å². The Balaban J connectivity index is 0.00000156. The van der Waals surface area contributed by atoms with Crippen molar-refractivity contribution in [3.8, 4) is 0 Å². The van der Waals surface area contributed by atoms with Crippen LogP contribution in [0.3, 0.4) is 0 Å². The number of rotatable bonds is 0. The minimum atomic E-state index is 0. The van der Waals surface area contributed by atoms with E-state index in [-0.39, 0.29) is 28.8 Å². The van der Waals surface area contributed by atoms with Crippen LogP contribution in [-0.2, 0) is 0 Å². The molecular formula is C21H28ClNO3. The van der Waals surface area contributed by atoms with Gasteiger partial charge in [0.2, 0.25) is 0 Å². The summed E-state index contributed by atoms with van der Waals surface area (Å²) >= 11 is 0. The van der Waals surface area contributed by atoms with Crippen molar-refractivity contribution < 1.29 is 16.4 Å². The Morgan fingerprint density at radius 1 is 0.692 bits per heavy atom. The fraction of sp³-hybridized carbons (Fsp3) is 0.238. The summed E-state index contributed by atoms with van der Waals surface area (Å²) in [5, 5.41) is 0. The Bertz CT molecular complexity index is 725. The van der Waals surface area contributed by atoms with Gasteiger partial charge in [-0.3, -0.25) is 0 Å². The number of likely N-dealkylation sites (tertiary alicyclic amines) is 1. The second-order valence-electron chi connectivity index (χ2n) is 6.29. The average Bonchev–Trinajstić information content (AvgIpc) is 2.73. The largest absolute Gasteiger partial charge is 0.412 e. The third kappa shape index (κ3) is 4.41. The predicted octanol–water partition coefficient (Wildman–Crippen LogP) is 2.65. The van der Waals surface area contributed by atoms with Gasteiger partial charge >= 0.3 is 0 Å². The third-order valence-electron chi connectivity index (χ3n) is 4.85. The number of hydrogen-bond acceptors (Lipinski definition) is 1. The van der Waals surface area contributed by atoms with Crippen molar-refractivity contribution in [1.29, 1.82) is 0 Å². The van der Waals surface area contributed by atoms with E-state index in [4.69, 9.17) is 0 Å². The van der Waals surface area contributed by atoms with E-state index in [1.165, 1.54) is 40.7 Å². The summed E-state index contributed by atoms with van der Waals surface area (Å²) in [6, 6.07) is 17.6. The first-order chi connectivity index (χ1) is 10.8. The molecule has 2 aromatic carbocycles. The van der Waals surface area contributed by atoms with Gasteiger partial charge in [-0.05, 0) is 47.7 Å². The van der Waals surface area contributed by atoms with Crippen LogP contribution in [0.15, 0.2) is 54.1 Å². The van der Waals surface area contributed by atoms with E-state index in [1.54, 1.807) is 5.57 Å². The SMILES string of the molecule is CN1CCC(=C2c3ccccc3C=Cc3ccccc32)CC1.Cl.O.O.O. The monoisotopic (exact) mass is 377 g/mol. The van der Waals surface area contributed by atoms with Crippen molar-refractivity contribution in [3.05, 3.63) is 76.4 Å². The molecule has 0 saturated carbocycles. The van der Waals surface area contributed by atoms with E-state index in [2.05, 4.69) is 72.6 Å². The first kappa shape index (κ1) is 24.1. The number of halogens is 1. The zero-order valence-electron chi connectivity index (χ0n) is 15.0. The standard InChI is InChI=1S/C21H21N.ClH.3H2O/c1-22-14-12-18(13-15-22)21-19-8-4-2-6-16(19)10-11-17-7-3-5-9-20(17)21;;;;/h2-11H,12-15H2,1H3;1H;3*1H2. The number of hydrogen-bond donors (Lipinski definition) is 0. The molecule has 5 heteroatoms. The van der Waals surface area contributed by atoms with Crippen LogP contribution in [0.4, 0.5) is 0 Å². The maximum Gasteiger partial charge on any atom is 0.00160 e. The van der Waals surface area contributed by atoms with E-state index in [1.807, 2.05) is 0 Å². The first-order valence-electron chi connectivity index (χ1n) is 8.10. The molecule has 6 N–H and O–H groups in total. The van der Waals surface area contributed by atoms with Gasteiger partial charge in [0.15, 0.2) is 0 Å². The van der Waals surface area contributed by atoms with E-state index >= 15 is 0 Å². The molecule has 0 aromatic heterocycles. The van der Waals surface area contributed by atoms with Crippen molar-refractivity contribution in [2.45, 2.75) is 12.8 Å². The fourth-order valence-corrected chi connectivity index (χ4v) is 3.58. The topological polar surface area (TPSA) is 97.7 Å². The predicted molar refractivity (Wildman–Crippen MR) is 113 cm³/mol. The van der Waals surface area contributed by atoms with E-state index in [9.17, 15) is 0 Å². The Hall–Kier alpha value is -1.95. The van der Waals surface area contributed by atoms with Gasteiger partial charge in [0.1, 0.15) is 0 Å². The van der Waals surface area contributed by atoms with Crippen LogP contribution in [0.2, 0.25) is 0 Å². The van der Waals surface area contributed by atoms with E-state index < -0.39 is 0 Å². The normalized spacial score (nSPS) is 15.1. The number of piperidine rings is 1. The summed E-state index contributed by atoms with van der Waals surface area (Å²) in [7, 11) is 2.22. The van der Waals surface area contributed by atoms with Crippen molar-refractivity contribution in [2.75, 3.05) is 20.1 Å². The zero-order chi connectivity index (χ0) is 14.9. The summed E-state index contributed by atoms with van der Waals surface area (Å²) in [5.41, 5.74) is 8.54. The second kappa shape index (κ2) is 10.3. The minimum absolute atomic E-state index is 0. The Labute approximate surface area is 161 Å². The van der Waals surface area contributed by atoms with E-state index in [0.717, 1.165) is 13.1 Å². The summed E-state index contributed by atoms with van der Waals surface area (Å²) in [5.74, 6) is 0. The molecule has 2 aliphatic rings. The molecule has 2 aromatic rings. The zero-order valence-corrected chi connectivity index (χ0v) is 15.8. The summed E-state index contributed by atoms with van der Waals surface area (Å²) in [6.07, 6.45) is 6.87. The van der Waals surface area contributed by atoms with Crippen molar-refractivity contribution in [1.82, 2.24) is 4.90 Å². The molecule has 0 atom stereocenters. The maximum atomic E-state index is 2.43. The highest BCUT2D eigenvalue weighted by Crippen LogP contribution is 2.38. The molecule has 0 spiro atoms. The van der Waals surface area contributed by atoms with Crippen LogP contribution < -0.4 is 0 Å². The molecule has 0 amide bonds. The van der Waals surface area contributed by atoms with Crippen LogP contribution in [0.1, 0.15) is 35.1 Å². The van der Waals surface area contributed by atoms with Gasteiger partial charge in [-0.25, -0.2) is 0 Å². The van der Waals surface area contributed by atoms with E-state index in [0.29, 0.717) is 0 Å². The van der Waals surface area contributed by atoms with Gasteiger partial charge in [-0.2, -0.15) is 0 Å². The Kier molecular flexibility index (Phi) is 9.49. The summed E-state index contributed by atoms with van der Waals surface area (Å²) in [4.78, 5) is 2.43. The molecule has 26 heavy (non-hydrogen) atoms. The number of fused-ring (bicyclic) bond motifs is 2. The molecule has 0 bridgehead atoms. The van der Waals surface area contributed by atoms with Gasteiger partial charge in [0, 0.05) is 13.1 Å². The lowest BCUT2D eigenvalue weighted by Gasteiger charge is -2.27. The van der Waals surface area contributed by atoms with Crippen LogP contribution in [0.25, 0.3) is 17.7 Å². The van der Waals surface area contributed by atoms with Gasteiger partial charge in [0.25, 0.3) is 0 Å². The van der Waals surface area contributed by atoms with Crippen LogP contribution >= 0.6 is 12.4 Å². The second-order valence-corrected chi connectivity index (χ2v) is 6.29. The van der Waals surface area contributed by atoms with Gasteiger partial charge in [-0.1, -0.05) is 66.3 Å². The average molecular weight is 378 g/mol. The third-order valence-corrected chi connectivity index (χ3v) is 4.85. The maximum absolute atomic E-state index is 2.43. The molecule has 142 valence electrons. The van der Waals surface area contributed by atoms with Crippen molar-refractivity contribution >= 4 is 30.1 Å². The highest BCUT2D eigenvalue weighted by atomic mass is 35.5. The minimum Gasteiger partial charge on any atom is -0.412 e. The molecular weight excluding hydrogens is 350 g/mol. The van der Waals surface area contributed by atoms with Crippen LogP contribution in [-0.4, -0.2) is 41.5 Å². The molecule has 4 rings (SSSR count). The van der Waals surface area contributed by atoms with Crippen molar-refractivity contribution in [2.24, 2.45) is 0 Å². The molecule has 1 aliphatic carbocycles. The molecule has 1 heterocycles. The fourth-order valence-electron chi connectivity index (χ4n) is 3.58. The Morgan fingerprint density at radius 2 is 1.12 bits per heavy atom. The summed E-state index contributed by atoms with van der Waals surface area (Å²) < 4.78 is 0. The summed E-state index contributed by atoms with van der Waals surface area (Å²) in [6.45, 7) is 2.33. The van der Waals surface area contributed by atoms with Crippen LogP contribution in [0, 0.1) is 0 Å². The number of nitrogens with zero attached hydrogens (tertiary/aromatic N) is 1. The lowest BCUT2D eigenvalue weighted by molar-refractivity contribution is 0.313. The lowest BCUT2D eigenvalue weighted by Crippen LogP contribution is -2.27. The van der Waals surface area contributed by atoms with Gasteiger partial charge in [-0.15, -0.1) is 12.4 Å². The molecule has 1 aliphatic heterocycles. The smallest absolute Gasteiger partial charge is 0.00160 e. The molecule has 1 saturated heterocycles. The van der Waals surface area contributed by atoms with Gasteiger partial charge < -0.3 is 21.3 Å². The first-order valence-corrected chi connectivity index (χ1v) is 8.10. The highest BCUT2D eigenvalue weighted by Gasteiger charge is 2.20. The van der Waals surface area contributed by atoms with Crippen LogP contribution in [0.5, 0.6) is 0 Å². The molecule has 4 nitrogen and oxygen atoms in total. The Morgan fingerprint density at radius 3 is 1.58 bits per heavy atom. The highest BCUT2D eigenvalue weighted by molar-refractivity contribution is 5.94. The molecule has 1 fully saturated rings. The number of benzene rings is 2. The molecule has 0 unspecified atom stereocenters. The quantitative estimate of drug-likeness (QED) is 0.591. The lowest BCUT2D eigenvalue weighted by atomic mass is 9.86. The molecule has 0 radical (unpaired) electrons. The van der Waals surface area contributed by atoms with Crippen molar-refractivity contribution in [3.63, 3.8) is 0 Å².